The van der Waals surface area contributed by atoms with Crippen LogP contribution in [0.5, 0.6) is 0 Å². The lowest BCUT2D eigenvalue weighted by Crippen LogP contribution is -2.36. The Kier molecular flexibility index (Phi) is 8.09. The minimum atomic E-state index is 0. The first-order valence-corrected chi connectivity index (χ1v) is 7.31. The van der Waals surface area contributed by atoms with Gasteiger partial charge in [0.05, 0.1) is 6.20 Å². The molecular weight excluding hydrogens is 337 g/mol. The molecule has 0 aliphatic carbocycles. The number of benzene rings is 1. The normalized spacial score (nSPS) is 16.3. The molecule has 0 spiro atoms. The smallest absolute Gasteiger partial charge is 0.220 e. The number of aryl methyl sites for hydroxylation is 1. The fraction of sp³-hybridized carbons (Fsp3) is 0.375. The van der Waals surface area contributed by atoms with Crippen molar-refractivity contribution in [3.05, 3.63) is 42.4 Å². The van der Waals surface area contributed by atoms with Gasteiger partial charge in [-0.2, -0.15) is 0 Å². The molecule has 2 heterocycles. The fourth-order valence-corrected chi connectivity index (χ4v) is 2.46. The minimum absolute atomic E-state index is 0. The maximum atomic E-state index is 11.8. The molecular formula is C16H21Cl2N3O2. The molecule has 1 aromatic carbocycles. The summed E-state index contributed by atoms with van der Waals surface area (Å²) in [7, 11) is 0. The lowest BCUT2D eigenvalue weighted by Gasteiger charge is -2.10. The molecule has 1 aromatic heterocycles. The molecule has 1 aliphatic rings. The van der Waals surface area contributed by atoms with Crippen LogP contribution in [0.2, 0.25) is 0 Å². The molecule has 1 fully saturated rings. The number of rotatable bonds is 5. The van der Waals surface area contributed by atoms with Crippen LogP contribution in [0.1, 0.15) is 18.7 Å². The number of nitrogens with one attached hydrogen (secondary N) is 2. The Morgan fingerprint density at radius 3 is 2.78 bits per heavy atom. The average Bonchev–Trinajstić information content (AvgIpc) is 3.17. The van der Waals surface area contributed by atoms with Gasteiger partial charge in [0, 0.05) is 31.0 Å². The molecule has 5 nitrogen and oxygen atoms in total. The quantitative estimate of drug-likeness (QED) is 0.862. The van der Waals surface area contributed by atoms with Crippen molar-refractivity contribution in [2.24, 2.45) is 0 Å². The van der Waals surface area contributed by atoms with E-state index >= 15 is 0 Å². The molecule has 0 bridgehead atoms. The van der Waals surface area contributed by atoms with Crippen LogP contribution in [-0.4, -0.2) is 30.0 Å². The Morgan fingerprint density at radius 1 is 1.30 bits per heavy atom. The number of oxazole rings is 1. The fourth-order valence-electron chi connectivity index (χ4n) is 2.46. The van der Waals surface area contributed by atoms with E-state index in [1.807, 2.05) is 30.3 Å². The first-order valence-electron chi connectivity index (χ1n) is 7.31. The third kappa shape index (κ3) is 5.53. The molecule has 7 heteroatoms. The first kappa shape index (κ1) is 19.5. The second kappa shape index (κ2) is 9.55. The average molecular weight is 358 g/mol. The van der Waals surface area contributed by atoms with Crippen LogP contribution in [0, 0.1) is 0 Å². The highest BCUT2D eigenvalue weighted by molar-refractivity contribution is 5.85. The highest BCUT2D eigenvalue weighted by Gasteiger charge is 2.17. The molecule has 1 amide bonds. The van der Waals surface area contributed by atoms with Crippen LogP contribution >= 0.6 is 24.8 Å². The predicted octanol–water partition coefficient (Wildman–Crippen LogP) is 2.60. The summed E-state index contributed by atoms with van der Waals surface area (Å²) in [5.74, 6) is 1.41. The maximum absolute atomic E-state index is 11.8. The Bertz CT molecular complexity index is 598. The molecule has 0 saturated carbocycles. The van der Waals surface area contributed by atoms with Crippen molar-refractivity contribution in [3.63, 3.8) is 0 Å². The van der Waals surface area contributed by atoms with E-state index in [9.17, 15) is 4.79 Å². The molecule has 23 heavy (non-hydrogen) atoms. The summed E-state index contributed by atoms with van der Waals surface area (Å²) in [5.41, 5.74) is 0.998. The van der Waals surface area contributed by atoms with Crippen LogP contribution in [-0.2, 0) is 11.2 Å². The van der Waals surface area contributed by atoms with Crippen molar-refractivity contribution < 1.29 is 9.21 Å². The summed E-state index contributed by atoms with van der Waals surface area (Å²) >= 11 is 0. The summed E-state index contributed by atoms with van der Waals surface area (Å²) in [6.45, 7) is 1.84. The van der Waals surface area contributed by atoms with Gasteiger partial charge in [0.2, 0.25) is 5.91 Å². The number of carbonyl (C=O) groups excluding carboxylic acids is 1. The molecule has 2 N–H and O–H groups in total. The van der Waals surface area contributed by atoms with Gasteiger partial charge in [-0.15, -0.1) is 24.8 Å². The Morgan fingerprint density at radius 2 is 2.09 bits per heavy atom. The first-order chi connectivity index (χ1) is 10.3. The van der Waals surface area contributed by atoms with E-state index in [0.29, 0.717) is 18.7 Å². The van der Waals surface area contributed by atoms with Gasteiger partial charge in [0.25, 0.3) is 0 Å². The SMILES string of the molecule is Cl.Cl.O=C(CCc1ncc(-c2ccccc2)o1)NC1CCNC1. The predicted molar refractivity (Wildman–Crippen MR) is 94.2 cm³/mol. The van der Waals surface area contributed by atoms with Gasteiger partial charge in [0.15, 0.2) is 11.7 Å². The third-order valence-electron chi connectivity index (χ3n) is 3.60. The highest BCUT2D eigenvalue weighted by Crippen LogP contribution is 2.20. The second-order valence-electron chi connectivity index (χ2n) is 5.24. The van der Waals surface area contributed by atoms with Crippen LogP contribution < -0.4 is 10.6 Å². The zero-order chi connectivity index (χ0) is 14.5. The van der Waals surface area contributed by atoms with E-state index in [4.69, 9.17) is 4.42 Å². The number of carbonyl (C=O) groups is 1. The highest BCUT2D eigenvalue weighted by atomic mass is 35.5. The molecule has 126 valence electrons. The minimum Gasteiger partial charge on any atom is -0.441 e. The van der Waals surface area contributed by atoms with E-state index in [0.717, 1.165) is 30.8 Å². The van der Waals surface area contributed by atoms with Gasteiger partial charge in [0.1, 0.15) is 0 Å². The molecule has 1 aliphatic heterocycles. The van der Waals surface area contributed by atoms with Gasteiger partial charge in [-0.3, -0.25) is 4.79 Å². The van der Waals surface area contributed by atoms with Gasteiger partial charge in [-0.1, -0.05) is 30.3 Å². The third-order valence-corrected chi connectivity index (χ3v) is 3.60. The van der Waals surface area contributed by atoms with E-state index in [2.05, 4.69) is 15.6 Å². The molecule has 1 saturated heterocycles. The zero-order valence-corrected chi connectivity index (χ0v) is 14.3. The number of aromatic nitrogens is 1. The standard InChI is InChI=1S/C16H19N3O2.2ClH/c20-15(19-13-8-9-17-10-13)6-7-16-18-11-14(21-16)12-4-2-1-3-5-12;;/h1-5,11,13,17H,6-10H2,(H,19,20);2*1H. The van der Waals surface area contributed by atoms with Crippen LogP contribution in [0.4, 0.5) is 0 Å². The topological polar surface area (TPSA) is 67.2 Å². The largest absolute Gasteiger partial charge is 0.441 e. The Balaban J connectivity index is 0.00000132. The number of hydrogen-bond donors (Lipinski definition) is 2. The van der Waals surface area contributed by atoms with Crippen LogP contribution in [0.15, 0.2) is 40.9 Å². The summed E-state index contributed by atoms with van der Waals surface area (Å²) in [6.07, 6.45) is 3.65. The number of halogens is 2. The lowest BCUT2D eigenvalue weighted by atomic mass is 10.2. The maximum Gasteiger partial charge on any atom is 0.220 e. The lowest BCUT2D eigenvalue weighted by molar-refractivity contribution is -0.121. The van der Waals surface area contributed by atoms with Gasteiger partial charge in [-0.05, 0) is 13.0 Å². The molecule has 1 atom stereocenters. The Hall–Kier alpha value is -1.56. The van der Waals surface area contributed by atoms with E-state index in [-0.39, 0.29) is 36.8 Å². The van der Waals surface area contributed by atoms with Crippen molar-refractivity contribution >= 4 is 30.7 Å². The van der Waals surface area contributed by atoms with Crippen molar-refractivity contribution in [2.75, 3.05) is 13.1 Å². The van der Waals surface area contributed by atoms with Gasteiger partial charge in [-0.25, -0.2) is 4.98 Å². The summed E-state index contributed by atoms with van der Waals surface area (Å²) in [4.78, 5) is 16.1. The Labute approximate surface area is 148 Å². The summed E-state index contributed by atoms with van der Waals surface area (Å²) in [6, 6.07) is 10.1. The zero-order valence-electron chi connectivity index (χ0n) is 12.7. The number of nitrogens with zero attached hydrogens (tertiary/aromatic N) is 1. The van der Waals surface area contributed by atoms with E-state index < -0.39 is 0 Å². The van der Waals surface area contributed by atoms with Crippen molar-refractivity contribution in [2.45, 2.75) is 25.3 Å². The van der Waals surface area contributed by atoms with Crippen molar-refractivity contribution in [1.29, 1.82) is 0 Å². The van der Waals surface area contributed by atoms with E-state index in [1.165, 1.54) is 0 Å². The van der Waals surface area contributed by atoms with E-state index in [1.54, 1.807) is 6.20 Å². The number of amides is 1. The van der Waals surface area contributed by atoms with Crippen LogP contribution in [0.25, 0.3) is 11.3 Å². The molecule has 0 radical (unpaired) electrons. The molecule has 3 rings (SSSR count). The molecule has 2 aromatic rings. The summed E-state index contributed by atoms with van der Waals surface area (Å²) < 4.78 is 5.69. The second-order valence-corrected chi connectivity index (χ2v) is 5.24. The van der Waals surface area contributed by atoms with Crippen molar-refractivity contribution in [3.8, 4) is 11.3 Å². The summed E-state index contributed by atoms with van der Waals surface area (Å²) in [5, 5.41) is 6.24. The van der Waals surface area contributed by atoms with Crippen LogP contribution in [0.3, 0.4) is 0 Å². The monoisotopic (exact) mass is 357 g/mol. The van der Waals surface area contributed by atoms with Gasteiger partial charge >= 0.3 is 0 Å². The van der Waals surface area contributed by atoms with Crippen molar-refractivity contribution in [1.82, 2.24) is 15.6 Å². The van der Waals surface area contributed by atoms with Gasteiger partial charge < -0.3 is 15.1 Å². The number of hydrogen-bond acceptors (Lipinski definition) is 4. The molecule has 1 unspecified atom stereocenters.